The molecule has 0 radical (unpaired) electrons. The summed E-state index contributed by atoms with van der Waals surface area (Å²) in [4.78, 5) is 11.9. The standard InChI is InChI=1S/C15H16F2O3/c1-5-6-10-7-8-11(20-10)9-19-12(18)13(2)14(3,16)15(13,4)17/h1,7-8H,6,9H2,2-4H3. The topological polar surface area (TPSA) is 39.4 Å². The van der Waals surface area contributed by atoms with Gasteiger partial charge < -0.3 is 9.15 Å². The van der Waals surface area contributed by atoms with Gasteiger partial charge in [0.2, 0.25) is 0 Å². The SMILES string of the molecule is C#CCc1ccc(COC(=O)C2(C)C(C)(F)C2(C)F)o1. The van der Waals surface area contributed by atoms with Crippen molar-refractivity contribution in [2.75, 3.05) is 0 Å². The van der Waals surface area contributed by atoms with Gasteiger partial charge in [-0.15, -0.1) is 6.42 Å². The molecule has 108 valence electrons. The van der Waals surface area contributed by atoms with Crippen LogP contribution < -0.4 is 0 Å². The minimum Gasteiger partial charge on any atom is -0.461 e. The summed E-state index contributed by atoms with van der Waals surface area (Å²) in [7, 11) is 0. The van der Waals surface area contributed by atoms with Gasteiger partial charge in [-0.1, -0.05) is 5.92 Å². The predicted molar refractivity (Wildman–Crippen MR) is 68.2 cm³/mol. The van der Waals surface area contributed by atoms with Crippen LogP contribution in [0.4, 0.5) is 8.78 Å². The molecule has 0 aliphatic heterocycles. The predicted octanol–water partition coefficient (Wildman–Crippen LogP) is 2.97. The van der Waals surface area contributed by atoms with E-state index in [0.29, 0.717) is 17.9 Å². The van der Waals surface area contributed by atoms with Crippen molar-refractivity contribution in [1.29, 1.82) is 0 Å². The van der Waals surface area contributed by atoms with Crippen molar-refractivity contribution in [3.05, 3.63) is 23.7 Å². The summed E-state index contributed by atoms with van der Waals surface area (Å²) in [6, 6.07) is 3.28. The lowest BCUT2D eigenvalue weighted by molar-refractivity contribution is -0.154. The Labute approximate surface area is 116 Å². The molecule has 2 atom stereocenters. The molecule has 0 N–H and O–H groups in total. The second-order valence-corrected chi connectivity index (χ2v) is 5.46. The molecule has 1 fully saturated rings. The Morgan fingerprint density at radius 1 is 1.30 bits per heavy atom. The van der Waals surface area contributed by atoms with Gasteiger partial charge in [0.15, 0.2) is 11.3 Å². The molecule has 1 saturated carbocycles. The summed E-state index contributed by atoms with van der Waals surface area (Å²) in [6.07, 6.45) is 5.47. The number of carbonyl (C=O) groups excluding carboxylic acids is 1. The highest BCUT2D eigenvalue weighted by Gasteiger charge is 2.88. The van der Waals surface area contributed by atoms with Gasteiger partial charge in [-0.25, -0.2) is 8.78 Å². The van der Waals surface area contributed by atoms with Crippen LogP contribution in [0.2, 0.25) is 0 Å². The Balaban J connectivity index is 1.99. The van der Waals surface area contributed by atoms with E-state index in [9.17, 15) is 13.6 Å². The maximum absolute atomic E-state index is 14.0. The van der Waals surface area contributed by atoms with Gasteiger partial charge in [-0.05, 0) is 32.9 Å². The zero-order chi connectivity index (χ0) is 15.2. The molecule has 0 saturated heterocycles. The van der Waals surface area contributed by atoms with Crippen LogP contribution in [-0.4, -0.2) is 17.3 Å². The average molecular weight is 282 g/mol. The summed E-state index contributed by atoms with van der Waals surface area (Å²) in [6.45, 7) is 3.17. The number of esters is 1. The molecule has 20 heavy (non-hydrogen) atoms. The van der Waals surface area contributed by atoms with E-state index < -0.39 is 22.7 Å². The highest BCUT2D eigenvalue weighted by atomic mass is 19.2. The molecule has 5 heteroatoms. The molecule has 2 rings (SSSR count). The smallest absolute Gasteiger partial charge is 0.319 e. The quantitative estimate of drug-likeness (QED) is 0.629. The molecule has 0 bridgehead atoms. The molecule has 1 aromatic heterocycles. The van der Waals surface area contributed by atoms with E-state index in [1.165, 1.54) is 6.92 Å². The number of hydrogen-bond donors (Lipinski definition) is 0. The molecule has 0 spiro atoms. The summed E-state index contributed by atoms with van der Waals surface area (Å²) < 4.78 is 38.2. The van der Waals surface area contributed by atoms with Gasteiger partial charge >= 0.3 is 5.97 Å². The third-order valence-electron chi connectivity index (χ3n) is 4.44. The monoisotopic (exact) mass is 282 g/mol. The van der Waals surface area contributed by atoms with Crippen molar-refractivity contribution in [2.45, 2.75) is 45.1 Å². The molecule has 0 amide bonds. The van der Waals surface area contributed by atoms with Gasteiger partial charge in [0.05, 0.1) is 6.42 Å². The minimum atomic E-state index is -2.23. The number of carbonyl (C=O) groups is 1. The molecule has 1 heterocycles. The lowest BCUT2D eigenvalue weighted by Gasteiger charge is -2.10. The van der Waals surface area contributed by atoms with E-state index in [0.717, 1.165) is 13.8 Å². The molecule has 3 nitrogen and oxygen atoms in total. The second kappa shape index (κ2) is 4.34. The lowest BCUT2D eigenvalue weighted by Crippen LogP contribution is -2.24. The van der Waals surface area contributed by atoms with Gasteiger partial charge in [0, 0.05) is 0 Å². The number of rotatable bonds is 4. The molecular weight excluding hydrogens is 266 g/mol. The van der Waals surface area contributed by atoms with E-state index in [1.54, 1.807) is 12.1 Å². The molecule has 1 aliphatic carbocycles. The van der Waals surface area contributed by atoms with Crippen LogP contribution in [0.15, 0.2) is 16.5 Å². The van der Waals surface area contributed by atoms with Crippen LogP contribution in [0.5, 0.6) is 0 Å². The molecular formula is C15H16F2O3. The van der Waals surface area contributed by atoms with Gasteiger partial charge in [-0.2, -0.15) is 0 Å². The van der Waals surface area contributed by atoms with Crippen molar-refractivity contribution in [3.8, 4) is 12.3 Å². The maximum atomic E-state index is 14.0. The first-order chi connectivity index (χ1) is 9.18. The average Bonchev–Trinajstić information content (AvgIpc) is 2.76. The third kappa shape index (κ3) is 1.75. The van der Waals surface area contributed by atoms with Crippen molar-refractivity contribution < 1.29 is 22.7 Å². The Kier molecular flexibility index (Phi) is 3.16. The number of terminal acetylenes is 1. The zero-order valence-corrected chi connectivity index (χ0v) is 11.6. The fourth-order valence-corrected chi connectivity index (χ4v) is 2.38. The van der Waals surface area contributed by atoms with Gasteiger partial charge in [-0.3, -0.25) is 4.79 Å². The van der Waals surface area contributed by atoms with Crippen molar-refractivity contribution in [2.24, 2.45) is 5.41 Å². The van der Waals surface area contributed by atoms with E-state index in [-0.39, 0.29) is 6.61 Å². The number of furan rings is 1. The number of alkyl halides is 2. The zero-order valence-electron chi connectivity index (χ0n) is 11.6. The van der Waals surface area contributed by atoms with Crippen molar-refractivity contribution in [3.63, 3.8) is 0 Å². The summed E-state index contributed by atoms with van der Waals surface area (Å²) >= 11 is 0. The van der Waals surface area contributed by atoms with E-state index >= 15 is 0 Å². The fourth-order valence-electron chi connectivity index (χ4n) is 2.38. The van der Waals surface area contributed by atoms with Crippen molar-refractivity contribution in [1.82, 2.24) is 0 Å². The van der Waals surface area contributed by atoms with Crippen LogP contribution in [0.1, 0.15) is 32.3 Å². The lowest BCUT2D eigenvalue weighted by atomic mass is 10.1. The summed E-state index contributed by atoms with van der Waals surface area (Å²) in [5, 5.41) is 0. The number of halogens is 2. The number of hydrogen-bond acceptors (Lipinski definition) is 3. The Hall–Kier alpha value is -1.83. The number of ether oxygens (including phenoxy) is 1. The first-order valence-corrected chi connectivity index (χ1v) is 6.24. The largest absolute Gasteiger partial charge is 0.461 e. The fraction of sp³-hybridized carbons (Fsp3) is 0.533. The minimum absolute atomic E-state index is 0.175. The Bertz CT molecular complexity index is 564. The molecule has 1 aliphatic rings. The first-order valence-electron chi connectivity index (χ1n) is 6.24. The van der Waals surface area contributed by atoms with Crippen LogP contribution in [0, 0.1) is 17.8 Å². The van der Waals surface area contributed by atoms with E-state index in [2.05, 4.69) is 5.92 Å². The summed E-state index contributed by atoms with van der Waals surface area (Å²) in [5.74, 6) is 2.46. The van der Waals surface area contributed by atoms with Crippen LogP contribution in [0.3, 0.4) is 0 Å². The highest BCUT2D eigenvalue weighted by Crippen LogP contribution is 2.70. The normalized spacial score (nSPS) is 35.4. The summed E-state index contributed by atoms with van der Waals surface area (Å²) in [5.41, 5.74) is -6.24. The maximum Gasteiger partial charge on any atom is 0.319 e. The van der Waals surface area contributed by atoms with E-state index in [4.69, 9.17) is 15.6 Å². The molecule has 2 unspecified atom stereocenters. The Morgan fingerprint density at radius 3 is 2.35 bits per heavy atom. The van der Waals surface area contributed by atoms with Crippen molar-refractivity contribution >= 4 is 5.97 Å². The molecule has 1 aromatic rings. The van der Waals surface area contributed by atoms with E-state index in [1.807, 2.05) is 0 Å². The Morgan fingerprint density at radius 2 is 1.85 bits per heavy atom. The second-order valence-electron chi connectivity index (χ2n) is 5.46. The van der Waals surface area contributed by atoms with Gasteiger partial charge in [0.25, 0.3) is 0 Å². The van der Waals surface area contributed by atoms with Crippen LogP contribution in [0.25, 0.3) is 0 Å². The third-order valence-corrected chi connectivity index (χ3v) is 4.44. The van der Waals surface area contributed by atoms with Crippen LogP contribution in [-0.2, 0) is 22.6 Å². The first kappa shape index (κ1) is 14.6. The molecule has 0 aromatic carbocycles. The van der Waals surface area contributed by atoms with Crippen LogP contribution >= 0.6 is 0 Å². The van der Waals surface area contributed by atoms with Gasteiger partial charge in [0.1, 0.15) is 23.5 Å². The highest BCUT2D eigenvalue weighted by molar-refractivity contribution is 5.85.